The molecule has 0 amide bonds. The van der Waals surface area contributed by atoms with E-state index >= 15 is 0 Å². The van der Waals surface area contributed by atoms with Gasteiger partial charge in [0.1, 0.15) is 5.78 Å². The number of carbonyl (C=O) groups is 1. The molecule has 0 aliphatic heterocycles. The minimum atomic E-state index is -0.647. The molecule has 2 fully saturated rings. The molecule has 0 spiro atoms. The molecular formula is C30H50O3. The van der Waals surface area contributed by atoms with Gasteiger partial charge in [-0.25, -0.2) is 0 Å². The van der Waals surface area contributed by atoms with Crippen LogP contribution in [-0.2, 0) is 4.79 Å². The zero-order valence-electron chi connectivity index (χ0n) is 22.5. The lowest BCUT2D eigenvalue weighted by atomic mass is 9.45. The lowest BCUT2D eigenvalue weighted by Gasteiger charge is -2.60. The predicted octanol–water partition coefficient (Wildman–Crippen LogP) is 7.33. The van der Waals surface area contributed by atoms with Crippen molar-refractivity contribution in [3.8, 4) is 0 Å². The van der Waals surface area contributed by atoms with Gasteiger partial charge in [0.15, 0.2) is 0 Å². The number of ketones is 1. The second kappa shape index (κ2) is 11.5. The lowest BCUT2D eigenvalue weighted by molar-refractivity contribution is -0.177. The predicted molar refractivity (Wildman–Crippen MR) is 139 cm³/mol. The first-order chi connectivity index (χ1) is 15.3. The Hall–Kier alpha value is -1.19. The first-order valence-corrected chi connectivity index (χ1v) is 13.2. The van der Waals surface area contributed by atoms with Crippen LogP contribution in [0.2, 0.25) is 0 Å². The second-order valence-electron chi connectivity index (χ2n) is 12.1. The third-order valence-electron chi connectivity index (χ3n) is 9.02. The number of allylic oxidation sites excluding steroid dienone is 5. The second-order valence-corrected chi connectivity index (χ2v) is 12.1. The summed E-state index contributed by atoms with van der Waals surface area (Å²) in [6.45, 7) is 15.2. The van der Waals surface area contributed by atoms with Gasteiger partial charge >= 0.3 is 0 Å². The summed E-state index contributed by atoms with van der Waals surface area (Å²) >= 11 is 0. The van der Waals surface area contributed by atoms with E-state index in [1.165, 1.54) is 11.1 Å². The van der Waals surface area contributed by atoms with Crippen molar-refractivity contribution < 1.29 is 15.0 Å². The van der Waals surface area contributed by atoms with Crippen molar-refractivity contribution in [3.63, 3.8) is 0 Å². The summed E-state index contributed by atoms with van der Waals surface area (Å²) in [5.41, 5.74) is 2.99. The fourth-order valence-corrected chi connectivity index (χ4v) is 6.82. The third-order valence-corrected chi connectivity index (χ3v) is 9.02. The van der Waals surface area contributed by atoms with Crippen LogP contribution in [0, 0.1) is 22.7 Å². The van der Waals surface area contributed by atoms with Gasteiger partial charge in [0.25, 0.3) is 0 Å². The highest BCUT2D eigenvalue weighted by molar-refractivity contribution is 5.85. The van der Waals surface area contributed by atoms with E-state index < -0.39 is 5.60 Å². The molecule has 0 heterocycles. The molecule has 4 atom stereocenters. The van der Waals surface area contributed by atoms with Gasteiger partial charge in [-0.15, -0.1) is 0 Å². The summed E-state index contributed by atoms with van der Waals surface area (Å²) in [4.78, 5) is 12.6. The number of fused-ring (bicyclic) bond motifs is 1. The molecule has 0 saturated heterocycles. The maximum Gasteiger partial charge on any atom is 0.138 e. The van der Waals surface area contributed by atoms with E-state index in [-0.39, 0.29) is 23.4 Å². The van der Waals surface area contributed by atoms with Crippen molar-refractivity contribution in [2.75, 3.05) is 6.61 Å². The lowest BCUT2D eigenvalue weighted by Crippen LogP contribution is -2.59. The van der Waals surface area contributed by atoms with Crippen LogP contribution < -0.4 is 0 Å². The average Bonchev–Trinajstić information content (AvgIpc) is 2.72. The van der Waals surface area contributed by atoms with Crippen LogP contribution in [0.4, 0.5) is 0 Å². The van der Waals surface area contributed by atoms with Crippen molar-refractivity contribution in [2.45, 2.75) is 118 Å². The van der Waals surface area contributed by atoms with Crippen molar-refractivity contribution >= 4 is 5.78 Å². The summed E-state index contributed by atoms with van der Waals surface area (Å²) in [5.74, 6) is 1.01. The smallest absolute Gasteiger partial charge is 0.138 e. The van der Waals surface area contributed by atoms with E-state index in [2.05, 4.69) is 52.8 Å². The maximum atomic E-state index is 12.6. The number of aliphatic hydroxyl groups excluding tert-OH is 1. The monoisotopic (exact) mass is 458 g/mol. The molecule has 2 rings (SSSR count). The molecule has 0 aromatic rings. The number of Topliss-reactive ketones (excluding diaryl/α,β-unsaturated/α-hetero) is 1. The van der Waals surface area contributed by atoms with Gasteiger partial charge in [0, 0.05) is 11.8 Å². The average molecular weight is 459 g/mol. The molecule has 188 valence electrons. The molecule has 2 N–H and O–H groups in total. The number of carbonyl (C=O) groups excluding carboxylic acids is 1. The molecular weight excluding hydrogens is 408 g/mol. The van der Waals surface area contributed by atoms with E-state index in [1.807, 2.05) is 13.8 Å². The van der Waals surface area contributed by atoms with Crippen LogP contribution in [-0.4, -0.2) is 28.2 Å². The van der Waals surface area contributed by atoms with E-state index in [1.54, 1.807) is 0 Å². The summed E-state index contributed by atoms with van der Waals surface area (Å²) < 4.78 is 0. The molecule has 2 saturated carbocycles. The molecule has 3 heteroatoms. The fraction of sp³-hybridized carbons (Fsp3) is 0.767. The molecule has 3 nitrogen and oxygen atoms in total. The molecule has 2 aliphatic rings. The summed E-state index contributed by atoms with van der Waals surface area (Å²) in [6.07, 6.45) is 16.3. The molecule has 0 bridgehead atoms. The number of rotatable bonds is 10. The Bertz CT molecular complexity index is 767. The van der Waals surface area contributed by atoms with Crippen LogP contribution in [0.25, 0.3) is 0 Å². The molecule has 0 unspecified atom stereocenters. The first kappa shape index (κ1) is 28.1. The number of hydrogen-bond donors (Lipinski definition) is 2. The van der Waals surface area contributed by atoms with Crippen LogP contribution in [0.15, 0.2) is 34.9 Å². The Balaban J connectivity index is 1.93. The van der Waals surface area contributed by atoms with E-state index in [0.29, 0.717) is 18.1 Å². The van der Waals surface area contributed by atoms with Crippen LogP contribution in [0.5, 0.6) is 0 Å². The highest BCUT2D eigenvalue weighted by Gasteiger charge is 2.59. The normalized spacial score (nSPS) is 33.2. The number of hydrogen-bond acceptors (Lipinski definition) is 3. The van der Waals surface area contributed by atoms with Crippen molar-refractivity contribution in [1.29, 1.82) is 0 Å². The zero-order valence-corrected chi connectivity index (χ0v) is 22.5. The van der Waals surface area contributed by atoms with Crippen LogP contribution in [0.1, 0.15) is 113 Å². The zero-order chi connectivity index (χ0) is 24.9. The minimum Gasteiger partial charge on any atom is -0.392 e. The molecule has 0 aromatic heterocycles. The van der Waals surface area contributed by atoms with E-state index in [0.717, 1.165) is 63.4 Å². The first-order valence-electron chi connectivity index (χ1n) is 13.2. The number of aliphatic hydroxyl groups is 2. The minimum absolute atomic E-state index is 0.0313. The topological polar surface area (TPSA) is 57.5 Å². The van der Waals surface area contributed by atoms with Gasteiger partial charge in [-0.1, -0.05) is 55.7 Å². The van der Waals surface area contributed by atoms with Gasteiger partial charge in [-0.05, 0) is 103 Å². The molecule has 2 aliphatic carbocycles. The van der Waals surface area contributed by atoms with Crippen LogP contribution in [0.3, 0.4) is 0 Å². The van der Waals surface area contributed by atoms with Crippen molar-refractivity contribution in [3.05, 3.63) is 34.9 Å². The summed E-state index contributed by atoms with van der Waals surface area (Å²) in [7, 11) is 0. The largest absolute Gasteiger partial charge is 0.392 e. The molecule has 0 radical (unpaired) electrons. The van der Waals surface area contributed by atoms with Gasteiger partial charge in [0.2, 0.25) is 0 Å². The molecule has 33 heavy (non-hydrogen) atoms. The Morgan fingerprint density at radius 1 is 0.909 bits per heavy atom. The van der Waals surface area contributed by atoms with Crippen LogP contribution >= 0.6 is 0 Å². The van der Waals surface area contributed by atoms with Gasteiger partial charge in [-0.3, -0.25) is 4.79 Å². The standard InChI is InChI=1S/C30H50O3/c1-22(13-9-15-24(3)21-31)11-8-12-23(2)14-10-16-26-29(6)19-18-27(32)28(4,5)25(29)17-20-30(26,7)33/h11,14-15,25-26,31,33H,8-10,12-13,16-21H2,1-7H3/b22-11+,23-14+,24-15+/t25-,26+,29+,30+/m0/s1. The Kier molecular flexibility index (Phi) is 9.77. The third kappa shape index (κ3) is 6.92. The van der Waals surface area contributed by atoms with Crippen molar-refractivity contribution in [2.24, 2.45) is 22.7 Å². The highest BCUT2D eigenvalue weighted by Crippen LogP contribution is 2.62. The van der Waals surface area contributed by atoms with Gasteiger partial charge < -0.3 is 10.2 Å². The quantitative estimate of drug-likeness (QED) is 0.337. The highest BCUT2D eigenvalue weighted by atomic mass is 16.3. The SMILES string of the molecule is C/C(=C\CC/C(C)=C/CC/C(C)=C/CC[C@@H]1[C@]2(C)CCC(=O)C(C)(C)[C@@H]2CC[C@@]1(C)O)CO. The van der Waals surface area contributed by atoms with Crippen molar-refractivity contribution in [1.82, 2.24) is 0 Å². The Morgan fingerprint density at radius 2 is 1.45 bits per heavy atom. The van der Waals surface area contributed by atoms with Gasteiger partial charge in [0.05, 0.1) is 12.2 Å². The van der Waals surface area contributed by atoms with E-state index in [4.69, 9.17) is 5.11 Å². The molecule has 0 aromatic carbocycles. The maximum absolute atomic E-state index is 12.6. The Labute approximate surface area is 203 Å². The summed E-state index contributed by atoms with van der Waals surface area (Å²) in [6, 6.07) is 0. The fourth-order valence-electron chi connectivity index (χ4n) is 6.82. The van der Waals surface area contributed by atoms with Gasteiger partial charge in [-0.2, -0.15) is 0 Å². The summed E-state index contributed by atoms with van der Waals surface area (Å²) in [5, 5.41) is 20.4. The van der Waals surface area contributed by atoms with E-state index in [9.17, 15) is 9.90 Å². The Morgan fingerprint density at radius 3 is 2.03 bits per heavy atom.